The van der Waals surface area contributed by atoms with Crippen LogP contribution in [0.1, 0.15) is 47.0 Å². The molecule has 0 saturated heterocycles. The summed E-state index contributed by atoms with van der Waals surface area (Å²) >= 11 is 0. The van der Waals surface area contributed by atoms with Crippen LogP contribution in [0.15, 0.2) is 11.6 Å². The van der Waals surface area contributed by atoms with Crippen molar-refractivity contribution in [3.63, 3.8) is 0 Å². The molecule has 0 fully saturated rings. The van der Waals surface area contributed by atoms with Gasteiger partial charge in [0.15, 0.2) is 0 Å². The molecule has 0 aliphatic carbocycles. The number of ketones is 1. The van der Waals surface area contributed by atoms with E-state index in [0.717, 1.165) is 19.3 Å². The van der Waals surface area contributed by atoms with E-state index in [-0.39, 0.29) is 0 Å². The molecule has 0 aliphatic rings. The molecule has 0 saturated carbocycles. The van der Waals surface area contributed by atoms with Gasteiger partial charge in [-0.15, -0.1) is 0 Å². The third kappa shape index (κ3) is 7.52. The summed E-state index contributed by atoms with van der Waals surface area (Å²) in [5.74, 6) is 0.845. The molecule has 0 aromatic rings. The van der Waals surface area contributed by atoms with Crippen molar-refractivity contribution in [2.45, 2.75) is 47.0 Å². The molecule has 1 heteroatoms. The number of hydrogen-bond acceptors (Lipinski definition) is 1. The lowest BCUT2D eigenvalue weighted by atomic mass is 9.99. The Balaban J connectivity index is 3.50. The Labute approximate surface area is 75.9 Å². The number of allylic oxidation sites excluding steroid dienone is 2. The summed E-state index contributed by atoms with van der Waals surface area (Å²) in [6.07, 6.45) is 5.20. The second kappa shape index (κ2) is 5.99. The zero-order valence-electron chi connectivity index (χ0n) is 8.68. The highest BCUT2D eigenvalue weighted by Gasteiger charge is 2.03. The van der Waals surface area contributed by atoms with Crippen LogP contribution in [-0.2, 0) is 4.79 Å². The van der Waals surface area contributed by atoms with Gasteiger partial charge in [0.25, 0.3) is 0 Å². The van der Waals surface area contributed by atoms with Gasteiger partial charge in [-0.25, -0.2) is 0 Å². The summed E-state index contributed by atoms with van der Waals surface area (Å²) < 4.78 is 0. The number of Topliss-reactive ketones (excluding diaryl/α,β-unsaturated/α-hetero) is 1. The smallest absolute Gasteiger partial charge is 0.130 e. The molecule has 0 aromatic heterocycles. The topological polar surface area (TPSA) is 17.1 Å². The highest BCUT2D eigenvalue weighted by atomic mass is 16.1. The van der Waals surface area contributed by atoms with Gasteiger partial charge < -0.3 is 4.79 Å². The highest BCUT2D eigenvalue weighted by molar-refractivity contribution is 5.75. The molecule has 0 rings (SSSR count). The number of carbonyl (C=O) groups excluding carboxylic acids is 1. The van der Waals surface area contributed by atoms with Crippen LogP contribution in [0.2, 0.25) is 0 Å². The summed E-state index contributed by atoms with van der Waals surface area (Å²) in [6.45, 7) is 8.02. The van der Waals surface area contributed by atoms with Crippen molar-refractivity contribution in [1.29, 1.82) is 0 Å². The first-order valence-electron chi connectivity index (χ1n) is 4.65. The third-order valence-corrected chi connectivity index (χ3v) is 1.85. The summed E-state index contributed by atoms with van der Waals surface area (Å²) in [5.41, 5.74) is 1.37. The molecule has 0 amide bonds. The molecular weight excluding hydrogens is 148 g/mol. The zero-order valence-corrected chi connectivity index (χ0v) is 8.68. The summed E-state index contributed by atoms with van der Waals surface area (Å²) in [5, 5.41) is 0. The lowest BCUT2D eigenvalue weighted by Gasteiger charge is -2.06. The maximum Gasteiger partial charge on any atom is 0.130 e. The summed E-state index contributed by atoms with van der Waals surface area (Å²) in [6, 6.07) is 0. The van der Waals surface area contributed by atoms with Gasteiger partial charge in [-0.2, -0.15) is 0 Å². The van der Waals surface area contributed by atoms with E-state index in [0.29, 0.717) is 11.7 Å². The van der Waals surface area contributed by atoms with E-state index >= 15 is 0 Å². The molecule has 0 N–H and O–H groups in total. The minimum Gasteiger partial charge on any atom is -0.300 e. The fourth-order valence-corrected chi connectivity index (χ4v) is 1.25. The predicted octanol–water partition coefficient (Wildman–Crippen LogP) is 3.35. The summed E-state index contributed by atoms with van der Waals surface area (Å²) in [4.78, 5) is 10.7. The van der Waals surface area contributed by atoms with Crippen LogP contribution >= 0.6 is 0 Å². The van der Waals surface area contributed by atoms with Crippen molar-refractivity contribution in [3.05, 3.63) is 11.6 Å². The monoisotopic (exact) mass is 168 g/mol. The van der Waals surface area contributed by atoms with Crippen molar-refractivity contribution in [1.82, 2.24) is 0 Å². The largest absolute Gasteiger partial charge is 0.300 e. The summed E-state index contributed by atoms with van der Waals surface area (Å²) in [7, 11) is 0. The van der Waals surface area contributed by atoms with E-state index in [1.54, 1.807) is 6.92 Å². The molecule has 0 aliphatic heterocycles. The highest BCUT2D eigenvalue weighted by Crippen LogP contribution is 2.11. The van der Waals surface area contributed by atoms with Crippen LogP contribution in [0.25, 0.3) is 0 Å². The SMILES string of the molecule is CC(=O)C[C@H](C)CCC=C(C)C. The maximum atomic E-state index is 10.7. The van der Waals surface area contributed by atoms with Crippen molar-refractivity contribution in [3.8, 4) is 0 Å². The average molecular weight is 168 g/mol. The van der Waals surface area contributed by atoms with Crippen LogP contribution in [-0.4, -0.2) is 5.78 Å². The predicted molar refractivity (Wildman–Crippen MR) is 53.1 cm³/mol. The first-order chi connectivity index (χ1) is 5.52. The molecular formula is C11H20O. The minimum absolute atomic E-state index is 0.305. The maximum absolute atomic E-state index is 10.7. The molecule has 1 atom stereocenters. The second-order valence-electron chi connectivity index (χ2n) is 3.87. The standard InChI is InChI=1S/C11H20O/c1-9(2)6-5-7-10(3)8-11(4)12/h6,10H,5,7-8H2,1-4H3/t10-/m1/s1. The van der Waals surface area contributed by atoms with Crippen molar-refractivity contribution < 1.29 is 4.79 Å². The van der Waals surface area contributed by atoms with E-state index in [9.17, 15) is 4.79 Å². The second-order valence-corrected chi connectivity index (χ2v) is 3.87. The Kier molecular flexibility index (Phi) is 5.69. The van der Waals surface area contributed by atoms with E-state index in [4.69, 9.17) is 0 Å². The van der Waals surface area contributed by atoms with Crippen LogP contribution in [0, 0.1) is 5.92 Å². The van der Waals surface area contributed by atoms with Crippen molar-refractivity contribution in [2.24, 2.45) is 5.92 Å². The average Bonchev–Trinajstić information content (AvgIpc) is 1.84. The van der Waals surface area contributed by atoms with Crippen LogP contribution in [0.3, 0.4) is 0 Å². The fourth-order valence-electron chi connectivity index (χ4n) is 1.25. The number of carbonyl (C=O) groups is 1. The van der Waals surface area contributed by atoms with Gasteiger partial charge in [0.1, 0.15) is 5.78 Å². The first kappa shape index (κ1) is 11.4. The van der Waals surface area contributed by atoms with Gasteiger partial charge in [0, 0.05) is 6.42 Å². The fraction of sp³-hybridized carbons (Fsp3) is 0.727. The zero-order chi connectivity index (χ0) is 9.56. The van der Waals surface area contributed by atoms with Crippen LogP contribution in [0.5, 0.6) is 0 Å². The molecule has 0 unspecified atom stereocenters. The van der Waals surface area contributed by atoms with Gasteiger partial charge in [-0.3, -0.25) is 0 Å². The molecule has 70 valence electrons. The molecule has 0 radical (unpaired) electrons. The van der Waals surface area contributed by atoms with Crippen molar-refractivity contribution in [2.75, 3.05) is 0 Å². The molecule has 0 heterocycles. The van der Waals surface area contributed by atoms with Gasteiger partial charge in [-0.1, -0.05) is 18.6 Å². The van der Waals surface area contributed by atoms with Gasteiger partial charge in [-0.05, 0) is 39.5 Å². The quantitative estimate of drug-likeness (QED) is 0.575. The van der Waals surface area contributed by atoms with Crippen LogP contribution < -0.4 is 0 Å². The normalized spacial score (nSPS) is 12.3. The van der Waals surface area contributed by atoms with E-state index in [1.165, 1.54) is 5.57 Å². The lowest BCUT2D eigenvalue weighted by Crippen LogP contribution is -2.00. The van der Waals surface area contributed by atoms with E-state index < -0.39 is 0 Å². The molecule has 0 spiro atoms. The Hall–Kier alpha value is -0.590. The Morgan fingerprint density at radius 1 is 1.33 bits per heavy atom. The lowest BCUT2D eigenvalue weighted by molar-refractivity contribution is -0.117. The van der Waals surface area contributed by atoms with E-state index in [1.807, 2.05) is 0 Å². The van der Waals surface area contributed by atoms with E-state index in [2.05, 4.69) is 26.8 Å². The molecule has 0 bridgehead atoms. The minimum atomic E-state index is 0.305. The molecule has 0 aromatic carbocycles. The first-order valence-corrected chi connectivity index (χ1v) is 4.65. The number of hydrogen-bond donors (Lipinski definition) is 0. The number of rotatable bonds is 5. The van der Waals surface area contributed by atoms with Gasteiger partial charge >= 0.3 is 0 Å². The van der Waals surface area contributed by atoms with Gasteiger partial charge in [0.05, 0.1) is 0 Å². The third-order valence-electron chi connectivity index (χ3n) is 1.85. The molecule has 12 heavy (non-hydrogen) atoms. The Morgan fingerprint density at radius 2 is 1.92 bits per heavy atom. The Morgan fingerprint density at radius 3 is 2.33 bits per heavy atom. The molecule has 1 nitrogen and oxygen atoms in total. The van der Waals surface area contributed by atoms with Crippen molar-refractivity contribution >= 4 is 5.78 Å². The van der Waals surface area contributed by atoms with Gasteiger partial charge in [0.2, 0.25) is 0 Å². The Bertz CT molecular complexity index is 164. The van der Waals surface area contributed by atoms with Crippen LogP contribution in [0.4, 0.5) is 0 Å².